The Hall–Kier alpha value is -1.14. The number of aliphatic hydroxyl groups is 1. The van der Waals surface area contributed by atoms with E-state index in [2.05, 4.69) is 5.32 Å². The van der Waals surface area contributed by atoms with E-state index in [4.69, 9.17) is 4.74 Å². The van der Waals surface area contributed by atoms with Crippen LogP contribution in [0, 0.1) is 0 Å². The van der Waals surface area contributed by atoms with Gasteiger partial charge in [0, 0.05) is 21.7 Å². The first-order valence-corrected chi connectivity index (χ1v) is 7.13. The molecular weight excluding hydrogens is 298 g/mol. The number of carbonyl (C=O) groups excluding carboxylic acids is 1. The summed E-state index contributed by atoms with van der Waals surface area (Å²) in [6, 6.07) is 7.42. The Labute approximate surface area is 127 Å². The average molecular weight is 314 g/mol. The van der Waals surface area contributed by atoms with Crippen molar-refractivity contribution in [2.24, 2.45) is 0 Å². The van der Waals surface area contributed by atoms with Crippen molar-refractivity contribution < 1.29 is 14.6 Å². The van der Waals surface area contributed by atoms with Crippen LogP contribution in [0.1, 0.15) is 29.5 Å². The lowest BCUT2D eigenvalue weighted by Crippen LogP contribution is -2.37. The highest BCUT2D eigenvalue weighted by Crippen LogP contribution is 2.41. The minimum Gasteiger partial charge on any atom is -0.465 e. The summed E-state index contributed by atoms with van der Waals surface area (Å²) in [6.45, 7) is 2.53. The predicted octanol–water partition coefficient (Wildman–Crippen LogP) is 2.56. The van der Waals surface area contributed by atoms with Gasteiger partial charge in [0.05, 0.1) is 6.61 Å². The van der Waals surface area contributed by atoms with Gasteiger partial charge < -0.3 is 9.84 Å². The van der Waals surface area contributed by atoms with Crippen molar-refractivity contribution in [2.45, 2.75) is 19.1 Å². The molecule has 4 nitrogen and oxygen atoms in total. The molecule has 2 heterocycles. The Kier molecular flexibility index (Phi) is 4.65. The van der Waals surface area contributed by atoms with E-state index in [1.54, 1.807) is 18.3 Å². The van der Waals surface area contributed by atoms with Crippen LogP contribution in [0.5, 0.6) is 0 Å². The topological polar surface area (TPSA) is 58.6 Å². The number of benzene rings is 1. The van der Waals surface area contributed by atoms with Gasteiger partial charge in [-0.25, -0.2) is 4.79 Å². The first-order chi connectivity index (χ1) is 9.22. The molecule has 2 N–H and O–H groups in total. The molecule has 0 fully saturated rings. The molecule has 0 saturated carbocycles. The molecule has 3 rings (SSSR count). The molecule has 6 heteroatoms. The van der Waals surface area contributed by atoms with Crippen molar-refractivity contribution in [1.29, 1.82) is 0 Å². The summed E-state index contributed by atoms with van der Waals surface area (Å²) in [5, 5.41) is 14.2. The van der Waals surface area contributed by atoms with Crippen molar-refractivity contribution in [3.63, 3.8) is 0 Å². The molecule has 2 unspecified atom stereocenters. The van der Waals surface area contributed by atoms with Crippen LogP contribution < -0.4 is 5.32 Å². The number of halogens is 1. The molecular formula is C14H16ClNO3S. The SMILES string of the molecule is CCOC(=O)C1NCC(O)c2sc3ccccc3c21.Cl. The van der Waals surface area contributed by atoms with E-state index in [0.717, 1.165) is 20.5 Å². The third kappa shape index (κ3) is 2.42. The molecule has 0 radical (unpaired) electrons. The maximum atomic E-state index is 12.0. The molecule has 1 aromatic heterocycles. The standard InChI is InChI=1S/C14H15NO3S.ClH/c1-2-18-14(17)12-11-8-5-3-4-6-10(8)19-13(11)9(16)7-15-12;/h3-6,9,12,15-16H,2,7H2,1H3;1H. The van der Waals surface area contributed by atoms with Crippen LogP contribution in [0.15, 0.2) is 24.3 Å². The summed E-state index contributed by atoms with van der Waals surface area (Å²) in [6.07, 6.45) is -0.557. The van der Waals surface area contributed by atoms with Gasteiger partial charge in [-0.15, -0.1) is 23.7 Å². The van der Waals surface area contributed by atoms with Gasteiger partial charge in [0.15, 0.2) is 0 Å². The van der Waals surface area contributed by atoms with Gasteiger partial charge in [-0.2, -0.15) is 0 Å². The van der Waals surface area contributed by atoms with Crippen LogP contribution in [0.3, 0.4) is 0 Å². The van der Waals surface area contributed by atoms with E-state index in [-0.39, 0.29) is 18.4 Å². The molecule has 0 spiro atoms. The van der Waals surface area contributed by atoms with E-state index in [1.807, 2.05) is 24.3 Å². The number of aliphatic hydroxyl groups excluding tert-OH is 1. The number of β-amino-alcohol motifs (C(OH)–C–C–N with tert-alkyl or cyclic N) is 1. The smallest absolute Gasteiger partial charge is 0.327 e. The molecule has 1 aliphatic rings. The lowest BCUT2D eigenvalue weighted by molar-refractivity contribution is -0.146. The van der Waals surface area contributed by atoms with E-state index in [9.17, 15) is 9.90 Å². The minimum absolute atomic E-state index is 0. The summed E-state index contributed by atoms with van der Waals surface area (Å²) in [7, 11) is 0. The Morgan fingerprint density at radius 2 is 2.25 bits per heavy atom. The van der Waals surface area contributed by atoms with Crippen LogP contribution in [0.25, 0.3) is 10.1 Å². The van der Waals surface area contributed by atoms with Gasteiger partial charge in [0.25, 0.3) is 0 Å². The van der Waals surface area contributed by atoms with E-state index in [1.165, 1.54) is 0 Å². The molecule has 1 aromatic carbocycles. The zero-order valence-electron chi connectivity index (χ0n) is 11.0. The molecule has 1 aliphatic heterocycles. The summed E-state index contributed by atoms with van der Waals surface area (Å²) >= 11 is 1.55. The molecule has 108 valence electrons. The third-order valence-electron chi connectivity index (χ3n) is 3.29. The monoisotopic (exact) mass is 313 g/mol. The number of fused-ring (bicyclic) bond motifs is 3. The minimum atomic E-state index is -0.557. The summed E-state index contributed by atoms with van der Waals surface area (Å²) in [5.74, 6) is -0.279. The van der Waals surface area contributed by atoms with Crippen molar-refractivity contribution in [3.8, 4) is 0 Å². The largest absolute Gasteiger partial charge is 0.465 e. The van der Waals surface area contributed by atoms with Crippen LogP contribution in [0.4, 0.5) is 0 Å². The van der Waals surface area contributed by atoms with Gasteiger partial charge >= 0.3 is 5.97 Å². The highest BCUT2D eigenvalue weighted by atomic mass is 35.5. The quantitative estimate of drug-likeness (QED) is 0.837. The number of ether oxygens (including phenoxy) is 1. The number of nitrogens with one attached hydrogen (secondary N) is 1. The maximum absolute atomic E-state index is 12.0. The lowest BCUT2D eigenvalue weighted by atomic mass is 9.97. The Morgan fingerprint density at radius 3 is 3.00 bits per heavy atom. The molecule has 0 saturated heterocycles. The number of hydrogen-bond donors (Lipinski definition) is 2. The Morgan fingerprint density at radius 1 is 1.50 bits per heavy atom. The summed E-state index contributed by atoms with van der Waals surface area (Å²) in [4.78, 5) is 12.9. The zero-order chi connectivity index (χ0) is 13.4. The first-order valence-electron chi connectivity index (χ1n) is 6.31. The van der Waals surface area contributed by atoms with Crippen LogP contribution in [-0.4, -0.2) is 24.2 Å². The van der Waals surface area contributed by atoms with Crippen LogP contribution in [0.2, 0.25) is 0 Å². The fourth-order valence-corrected chi connectivity index (χ4v) is 3.71. The van der Waals surface area contributed by atoms with Gasteiger partial charge in [-0.3, -0.25) is 5.32 Å². The first kappa shape index (κ1) is 15.3. The molecule has 0 aliphatic carbocycles. The number of esters is 1. The van der Waals surface area contributed by atoms with Crippen LogP contribution >= 0.6 is 23.7 Å². The number of thiophene rings is 1. The second kappa shape index (κ2) is 6.10. The molecule has 0 amide bonds. The second-order valence-electron chi connectivity index (χ2n) is 4.49. The average Bonchev–Trinajstić information content (AvgIpc) is 2.80. The molecule has 2 atom stereocenters. The van der Waals surface area contributed by atoms with Crippen molar-refractivity contribution in [1.82, 2.24) is 5.32 Å². The summed E-state index contributed by atoms with van der Waals surface area (Å²) in [5.41, 5.74) is 0.873. The lowest BCUT2D eigenvalue weighted by Gasteiger charge is -2.26. The number of rotatable bonds is 2. The van der Waals surface area contributed by atoms with Crippen molar-refractivity contribution in [3.05, 3.63) is 34.7 Å². The Balaban J connectivity index is 0.00000147. The normalized spacial score (nSPS) is 21.1. The van der Waals surface area contributed by atoms with Gasteiger partial charge in [-0.05, 0) is 18.4 Å². The molecule has 20 heavy (non-hydrogen) atoms. The van der Waals surface area contributed by atoms with E-state index < -0.39 is 12.1 Å². The van der Waals surface area contributed by atoms with E-state index >= 15 is 0 Å². The highest BCUT2D eigenvalue weighted by molar-refractivity contribution is 7.19. The van der Waals surface area contributed by atoms with Crippen LogP contribution in [-0.2, 0) is 9.53 Å². The molecule has 0 bridgehead atoms. The maximum Gasteiger partial charge on any atom is 0.327 e. The van der Waals surface area contributed by atoms with E-state index in [0.29, 0.717) is 13.2 Å². The van der Waals surface area contributed by atoms with Gasteiger partial charge in [0.1, 0.15) is 12.1 Å². The van der Waals surface area contributed by atoms with Gasteiger partial charge in [-0.1, -0.05) is 18.2 Å². The van der Waals surface area contributed by atoms with Crippen molar-refractivity contribution in [2.75, 3.05) is 13.2 Å². The predicted molar refractivity (Wildman–Crippen MR) is 81.4 cm³/mol. The summed E-state index contributed by atoms with van der Waals surface area (Å²) < 4.78 is 6.20. The number of hydrogen-bond acceptors (Lipinski definition) is 5. The van der Waals surface area contributed by atoms with Crippen molar-refractivity contribution >= 4 is 39.8 Å². The fourth-order valence-electron chi connectivity index (χ4n) is 2.48. The number of carbonyl (C=O) groups is 1. The zero-order valence-corrected chi connectivity index (χ0v) is 12.6. The fraction of sp³-hybridized carbons (Fsp3) is 0.357. The third-order valence-corrected chi connectivity index (χ3v) is 4.58. The van der Waals surface area contributed by atoms with Gasteiger partial charge in [0.2, 0.25) is 0 Å². The Bertz CT molecular complexity index is 628. The highest BCUT2D eigenvalue weighted by Gasteiger charge is 2.34. The second-order valence-corrected chi connectivity index (χ2v) is 5.57. The molecule has 2 aromatic rings.